The highest BCUT2D eigenvalue weighted by atomic mass is 32.2. The Morgan fingerprint density at radius 2 is 1.58 bits per heavy atom. The van der Waals surface area contributed by atoms with Crippen molar-refractivity contribution < 1.29 is 30.0 Å². The average molecular weight is 572 g/mol. The van der Waals surface area contributed by atoms with Gasteiger partial charge in [-0.3, -0.25) is 0 Å². The maximum absolute atomic E-state index is 14.0. The van der Waals surface area contributed by atoms with Crippen molar-refractivity contribution in [1.82, 2.24) is 10.0 Å². The molecule has 2 unspecified atom stereocenters. The molecule has 0 bridgehead atoms. The molecule has 1 aliphatic heterocycles. The second-order valence-electron chi connectivity index (χ2n) is 9.24. The van der Waals surface area contributed by atoms with Crippen molar-refractivity contribution >= 4 is 25.5 Å². The number of nitrogens with zero attached hydrogens (tertiary/aromatic N) is 1. The zero-order valence-corrected chi connectivity index (χ0v) is 22.8. The molecule has 12 heteroatoms. The molecule has 0 radical (unpaired) electrons. The monoisotopic (exact) mass is 571 g/mol. The van der Waals surface area contributed by atoms with Gasteiger partial charge < -0.3 is 10.2 Å². The molecular weight excluding hydrogens is 539 g/mol. The Labute approximate surface area is 222 Å². The third-order valence-electron chi connectivity index (χ3n) is 6.46. The van der Waals surface area contributed by atoms with Gasteiger partial charge in [0.15, 0.2) is 9.84 Å². The molecule has 38 heavy (non-hydrogen) atoms. The van der Waals surface area contributed by atoms with Crippen LogP contribution in [0.25, 0.3) is 0 Å². The van der Waals surface area contributed by atoms with Gasteiger partial charge in [-0.2, -0.15) is 13.2 Å². The average Bonchev–Trinajstić information content (AvgIpc) is 2.84. The number of anilines is 1. The van der Waals surface area contributed by atoms with Crippen molar-refractivity contribution in [3.63, 3.8) is 0 Å². The van der Waals surface area contributed by atoms with Crippen molar-refractivity contribution in [2.24, 2.45) is 0 Å². The van der Waals surface area contributed by atoms with Crippen LogP contribution in [0.4, 0.5) is 18.9 Å². The summed E-state index contributed by atoms with van der Waals surface area (Å²) in [5, 5.41) is -0.0398. The van der Waals surface area contributed by atoms with Gasteiger partial charge >= 0.3 is 6.18 Å². The van der Waals surface area contributed by atoms with Crippen LogP contribution in [-0.4, -0.2) is 50.1 Å². The van der Waals surface area contributed by atoms with Gasteiger partial charge in [0.05, 0.1) is 10.5 Å². The largest absolute Gasteiger partial charge is 0.416 e. The third-order valence-corrected chi connectivity index (χ3v) is 10.3. The van der Waals surface area contributed by atoms with Crippen LogP contribution in [0.5, 0.6) is 0 Å². The first-order valence-corrected chi connectivity index (χ1v) is 15.0. The smallest absolute Gasteiger partial charge is 0.377 e. The first-order chi connectivity index (χ1) is 17.7. The fraction of sp³-hybridized carbons (Fsp3) is 0.385. The molecule has 0 amide bonds. The number of hydrogen-bond donors (Lipinski definition) is 2. The van der Waals surface area contributed by atoms with E-state index in [1.807, 2.05) is 0 Å². The van der Waals surface area contributed by atoms with Crippen LogP contribution >= 0.6 is 0 Å². The summed E-state index contributed by atoms with van der Waals surface area (Å²) in [6.07, 6.45) is -1.91. The predicted octanol–water partition coefficient (Wildman–Crippen LogP) is 4.37. The summed E-state index contributed by atoms with van der Waals surface area (Å²) in [7, 11) is -5.25. The molecule has 0 aromatic heterocycles. The van der Waals surface area contributed by atoms with E-state index in [0.29, 0.717) is 43.2 Å². The first kappa shape index (κ1) is 29.9. The molecule has 1 aliphatic rings. The van der Waals surface area contributed by atoms with E-state index < -0.39 is 58.6 Å². The highest BCUT2D eigenvalue weighted by molar-refractivity contribution is 7.92. The number of piperidine rings is 1. The van der Waals surface area contributed by atoms with Crippen LogP contribution in [0.1, 0.15) is 40.0 Å². The fourth-order valence-corrected chi connectivity index (χ4v) is 7.84. The van der Waals surface area contributed by atoms with Gasteiger partial charge in [-0.05, 0) is 61.3 Å². The summed E-state index contributed by atoms with van der Waals surface area (Å²) in [5.74, 6) is 0. The molecule has 208 valence electrons. The Kier molecular flexibility index (Phi) is 9.12. The molecule has 0 aliphatic carbocycles. The molecule has 2 N–H and O–H groups in total. The lowest BCUT2D eigenvalue weighted by molar-refractivity contribution is -0.138. The number of benzene rings is 2. The first-order valence-electron chi connectivity index (χ1n) is 11.9. The van der Waals surface area contributed by atoms with Crippen molar-refractivity contribution in [3.05, 3.63) is 84.5 Å². The summed E-state index contributed by atoms with van der Waals surface area (Å²) in [5.41, 5.74) is -0.986. The molecule has 1 fully saturated rings. The molecule has 2 aromatic carbocycles. The second-order valence-corrected chi connectivity index (χ2v) is 13.1. The van der Waals surface area contributed by atoms with Crippen LogP contribution in [0, 0.1) is 0 Å². The van der Waals surface area contributed by atoms with E-state index in [9.17, 15) is 30.0 Å². The normalized spacial score (nSPS) is 17.0. The van der Waals surface area contributed by atoms with Gasteiger partial charge in [0.2, 0.25) is 10.0 Å². The highest BCUT2D eigenvalue weighted by Gasteiger charge is 2.40. The Bertz CT molecular complexity index is 1380. The van der Waals surface area contributed by atoms with E-state index in [-0.39, 0.29) is 0 Å². The van der Waals surface area contributed by atoms with Crippen LogP contribution in [-0.2, 0) is 26.0 Å². The summed E-state index contributed by atoms with van der Waals surface area (Å²) < 4.78 is 98.6. The maximum atomic E-state index is 14.0. The minimum atomic E-state index is -4.93. The fourth-order valence-electron chi connectivity index (χ4n) is 4.58. The van der Waals surface area contributed by atoms with E-state index in [0.717, 1.165) is 18.2 Å². The van der Waals surface area contributed by atoms with Crippen molar-refractivity contribution in [1.29, 1.82) is 0 Å². The van der Waals surface area contributed by atoms with Crippen LogP contribution in [0.15, 0.2) is 72.7 Å². The molecule has 0 spiro atoms. The number of halogens is 3. The lowest BCUT2D eigenvalue weighted by Gasteiger charge is -2.27. The SMILES string of the molecule is C=CC(c1cc(S(=O)(=O)C(C=C)c2ccccc2N(C)C)ccc1C(F)(F)F)S(=O)(=O)NC1CCNCC1. The van der Waals surface area contributed by atoms with Crippen molar-refractivity contribution in [2.75, 3.05) is 32.1 Å². The van der Waals surface area contributed by atoms with E-state index in [2.05, 4.69) is 23.2 Å². The van der Waals surface area contributed by atoms with Crippen LogP contribution in [0.2, 0.25) is 0 Å². The Hall–Kier alpha value is -2.67. The van der Waals surface area contributed by atoms with Gasteiger partial charge in [-0.25, -0.2) is 21.6 Å². The number of hydrogen-bond acceptors (Lipinski definition) is 6. The number of sulfonamides is 1. The Morgan fingerprint density at radius 3 is 2.13 bits per heavy atom. The topological polar surface area (TPSA) is 95.6 Å². The molecule has 0 saturated carbocycles. The van der Waals surface area contributed by atoms with Crippen LogP contribution < -0.4 is 14.9 Å². The molecule has 1 saturated heterocycles. The maximum Gasteiger partial charge on any atom is 0.416 e. The molecular formula is C26H32F3N3O4S2. The summed E-state index contributed by atoms with van der Waals surface area (Å²) in [4.78, 5) is 1.26. The van der Waals surface area contributed by atoms with E-state index in [4.69, 9.17) is 0 Å². The standard InChI is InChI=1S/C26H32F3N3O4S2/c1-5-24(20-9-7-8-10-23(20)32(3)4)37(33,34)19-11-12-22(26(27,28)29)21(17-19)25(6-2)38(35,36)31-18-13-15-30-16-14-18/h5-12,17-18,24-25,30-31H,1-2,13-16H2,3-4H3. The Balaban J connectivity index is 2.16. The minimum Gasteiger partial charge on any atom is -0.377 e. The number of alkyl halides is 3. The van der Waals surface area contributed by atoms with Crippen molar-refractivity contribution in [3.8, 4) is 0 Å². The predicted molar refractivity (Wildman–Crippen MR) is 143 cm³/mol. The molecule has 1 heterocycles. The van der Waals surface area contributed by atoms with E-state index in [1.165, 1.54) is 6.08 Å². The molecule has 2 atom stereocenters. The zero-order valence-electron chi connectivity index (χ0n) is 21.2. The Morgan fingerprint density at radius 1 is 0.974 bits per heavy atom. The zero-order chi connectivity index (χ0) is 28.3. The lowest BCUT2D eigenvalue weighted by Crippen LogP contribution is -2.44. The van der Waals surface area contributed by atoms with Gasteiger partial charge in [-0.1, -0.05) is 30.4 Å². The van der Waals surface area contributed by atoms with Crippen molar-refractivity contribution in [2.45, 2.75) is 40.5 Å². The number of nitrogens with one attached hydrogen (secondary N) is 2. The van der Waals surface area contributed by atoms with E-state index in [1.54, 1.807) is 43.3 Å². The lowest BCUT2D eigenvalue weighted by atomic mass is 10.0. The number of rotatable bonds is 10. The number of sulfone groups is 1. The van der Waals surface area contributed by atoms with E-state index >= 15 is 0 Å². The van der Waals surface area contributed by atoms with Gasteiger partial charge in [-0.15, -0.1) is 13.2 Å². The number of para-hydroxylation sites is 1. The summed E-state index contributed by atoms with van der Waals surface area (Å²) >= 11 is 0. The minimum absolute atomic E-state index is 0.384. The summed E-state index contributed by atoms with van der Waals surface area (Å²) in [6.45, 7) is 8.25. The second kappa shape index (κ2) is 11.6. The molecule has 3 rings (SSSR count). The van der Waals surface area contributed by atoms with Crippen LogP contribution in [0.3, 0.4) is 0 Å². The summed E-state index contributed by atoms with van der Waals surface area (Å²) in [6, 6.07) is 8.49. The molecule has 7 nitrogen and oxygen atoms in total. The third kappa shape index (κ3) is 6.31. The van der Waals surface area contributed by atoms with Gasteiger partial charge in [0.25, 0.3) is 0 Å². The quantitative estimate of drug-likeness (QED) is 0.412. The highest BCUT2D eigenvalue weighted by Crippen LogP contribution is 2.41. The van der Waals surface area contributed by atoms with Gasteiger partial charge in [0, 0.05) is 25.8 Å². The van der Waals surface area contributed by atoms with Gasteiger partial charge in [0.1, 0.15) is 10.5 Å². The molecule has 2 aromatic rings.